The maximum absolute atomic E-state index is 12.4. The number of carbonyl (C=O) groups excluding carboxylic acids is 2. The second kappa shape index (κ2) is 5.72. The number of rotatable bonds is 2. The SMILES string of the molecule is CC1(C(=O)NC2CCCNC(=O)C2)CCCCC1. The molecule has 1 saturated heterocycles. The van der Waals surface area contributed by atoms with E-state index in [-0.39, 0.29) is 23.3 Å². The summed E-state index contributed by atoms with van der Waals surface area (Å²) in [6.45, 7) is 2.81. The Bertz CT molecular complexity index is 322. The highest BCUT2D eigenvalue weighted by atomic mass is 16.2. The predicted molar refractivity (Wildman–Crippen MR) is 70.0 cm³/mol. The molecular formula is C14H24N2O2. The Labute approximate surface area is 109 Å². The minimum absolute atomic E-state index is 0.0266. The molecule has 4 heteroatoms. The van der Waals surface area contributed by atoms with Crippen LogP contribution in [0.4, 0.5) is 0 Å². The van der Waals surface area contributed by atoms with Gasteiger partial charge in [0.15, 0.2) is 0 Å². The molecule has 1 aliphatic carbocycles. The van der Waals surface area contributed by atoms with Crippen molar-refractivity contribution in [3.8, 4) is 0 Å². The van der Waals surface area contributed by atoms with E-state index in [9.17, 15) is 9.59 Å². The van der Waals surface area contributed by atoms with Gasteiger partial charge in [-0.05, 0) is 25.7 Å². The molecule has 2 aliphatic rings. The van der Waals surface area contributed by atoms with Crippen LogP contribution in [-0.2, 0) is 9.59 Å². The van der Waals surface area contributed by atoms with E-state index in [1.54, 1.807) is 0 Å². The van der Waals surface area contributed by atoms with Gasteiger partial charge >= 0.3 is 0 Å². The highest BCUT2D eigenvalue weighted by Crippen LogP contribution is 2.36. The molecule has 2 N–H and O–H groups in total. The molecule has 0 aromatic heterocycles. The van der Waals surface area contributed by atoms with Gasteiger partial charge in [0.05, 0.1) is 0 Å². The van der Waals surface area contributed by atoms with Gasteiger partial charge in [0.1, 0.15) is 0 Å². The molecule has 2 amide bonds. The van der Waals surface area contributed by atoms with Gasteiger partial charge in [0.2, 0.25) is 11.8 Å². The number of carbonyl (C=O) groups is 2. The highest BCUT2D eigenvalue weighted by molar-refractivity contribution is 5.84. The molecule has 0 aromatic rings. The molecule has 1 aliphatic heterocycles. The third kappa shape index (κ3) is 3.24. The first kappa shape index (κ1) is 13.4. The van der Waals surface area contributed by atoms with Gasteiger partial charge in [0.25, 0.3) is 0 Å². The fourth-order valence-corrected chi connectivity index (χ4v) is 3.02. The first-order valence-electron chi connectivity index (χ1n) is 7.18. The van der Waals surface area contributed by atoms with E-state index in [1.165, 1.54) is 6.42 Å². The molecule has 1 heterocycles. The molecule has 0 radical (unpaired) electrons. The first-order chi connectivity index (χ1) is 8.60. The van der Waals surface area contributed by atoms with Crippen molar-refractivity contribution in [2.24, 2.45) is 5.41 Å². The van der Waals surface area contributed by atoms with Crippen LogP contribution >= 0.6 is 0 Å². The second-order valence-electron chi connectivity index (χ2n) is 5.99. The standard InChI is InChI=1S/C14H24N2O2/c1-14(7-3-2-4-8-14)13(18)16-11-6-5-9-15-12(17)10-11/h11H,2-10H2,1H3,(H,15,17)(H,16,18). The Morgan fingerprint density at radius 1 is 1.28 bits per heavy atom. The van der Waals surface area contributed by atoms with Crippen LogP contribution in [0.3, 0.4) is 0 Å². The molecule has 0 bridgehead atoms. The normalized spacial score (nSPS) is 28.1. The van der Waals surface area contributed by atoms with Crippen molar-refractivity contribution in [3.63, 3.8) is 0 Å². The molecule has 0 spiro atoms. The van der Waals surface area contributed by atoms with Crippen molar-refractivity contribution in [1.82, 2.24) is 10.6 Å². The Kier molecular flexibility index (Phi) is 4.25. The zero-order valence-electron chi connectivity index (χ0n) is 11.3. The van der Waals surface area contributed by atoms with Crippen LogP contribution in [0.2, 0.25) is 0 Å². The smallest absolute Gasteiger partial charge is 0.226 e. The van der Waals surface area contributed by atoms with Crippen molar-refractivity contribution in [2.45, 2.75) is 64.3 Å². The van der Waals surface area contributed by atoms with Crippen LogP contribution in [0.25, 0.3) is 0 Å². The monoisotopic (exact) mass is 252 g/mol. The van der Waals surface area contributed by atoms with E-state index in [4.69, 9.17) is 0 Å². The fourth-order valence-electron chi connectivity index (χ4n) is 3.02. The average molecular weight is 252 g/mol. The molecule has 4 nitrogen and oxygen atoms in total. The number of amides is 2. The molecule has 102 valence electrons. The third-order valence-electron chi connectivity index (χ3n) is 4.32. The molecule has 2 rings (SSSR count). The summed E-state index contributed by atoms with van der Waals surface area (Å²) in [6.07, 6.45) is 7.80. The maximum Gasteiger partial charge on any atom is 0.226 e. The number of hydrogen-bond donors (Lipinski definition) is 2. The van der Waals surface area contributed by atoms with Gasteiger partial charge < -0.3 is 10.6 Å². The van der Waals surface area contributed by atoms with Crippen LogP contribution < -0.4 is 10.6 Å². The Hall–Kier alpha value is -1.06. The fraction of sp³-hybridized carbons (Fsp3) is 0.857. The summed E-state index contributed by atoms with van der Waals surface area (Å²) in [6, 6.07) is 0.0266. The van der Waals surface area contributed by atoms with Gasteiger partial charge in [0, 0.05) is 24.4 Å². The molecule has 2 fully saturated rings. The van der Waals surface area contributed by atoms with Crippen molar-refractivity contribution in [1.29, 1.82) is 0 Å². The van der Waals surface area contributed by atoms with Crippen LogP contribution in [0, 0.1) is 5.41 Å². The zero-order valence-corrected chi connectivity index (χ0v) is 11.3. The topological polar surface area (TPSA) is 58.2 Å². The second-order valence-corrected chi connectivity index (χ2v) is 5.99. The minimum Gasteiger partial charge on any atom is -0.356 e. The molecule has 1 atom stereocenters. The minimum atomic E-state index is -0.207. The van der Waals surface area contributed by atoms with E-state index in [0.717, 1.165) is 45.1 Å². The summed E-state index contributed by atoms with van der Waals surface area (Å²) in [7, 11) is 0. The van der Waals surface area contributed by atoms with E-state index in [0.29, 0.717) is 6.42 Å². The molecule has 1 unspecified atom stereocenters. The lowest BCUT2D eigenvalue weighted by Crippen LogP contribution is -2.45. The average Bonchev–Trinajstić information content (AvgIpc) is 2.54. The summed E-state index contributed by atoms with van der Waals surface area (Å²) in [5.41, 5.74) is -0.207. The highest BCUT2D eigenvalue weighted by Gasteiger charge is 2.35. The summed E-state index contributed by atoms with van der Waals surface area (Å²) in [4.78, 5) is 23.8. The molecular weight excluding hydrogens is 228 g/mol. The Morgan fingerprint density at radius 2 is 2.00 bits per heavy atom. The zero-order chi connectivity index (χ0) is 13.0. The summed E-state index contributed by atoms with van der Waals surface area (Å²) in [5, 5.41) is 5.95. The molecule has 18 heavy (non-hydrogen) atoms. The van der Waals surface area contributed by atoms with E-state index < -0.39 is 0 Å². The van der Waals surface area contributed by atoms with Crippen molar-refractivity contribution in [3.05, 3.63) is 0 Å². The van der Waals surface area contributed by atoms with E-state index in [2.05, 4.69) is 17.6 Å². The maximum atomic E-state index is 12.4. The van der Waals surface area contributed by atoms with Crippen LogP contribution in [0.1, 0.15) is 58.3 Å². The van der Waals surface area contributed by atoms with Crippen molar-refractivity contribution < 1.29 is 9.59 Å². The third-order valence-corrected chi connectivity index (χ3v) is 4.32. The van der Waals surface area contributed by atoms with Gasteiger partial charge in [-0.1, -0.05) is 26.2 Å². The molecule has 1 saturated carbocycles. The first-order valence-corrected chi connectivity index (χ1v) is 7.18. The van der Waals surface area contributed by atoms with E-state index >= 15 is 0 Å². The van der Waals surface area contributed by atoms with Crippen molar-refractivity contribution in [2.75, 3.05) is 6.54 Å². The van der Waals surface area contributed by atoms with Crippen LogP contribution in [-0.4, -0.2) is 24.4 Å². The van der Waals surface area contributed by atoms with Gasteiger partial charge in [-0.3, -0.25) is 9.59 Å². The lowest BCUT2D eigenvalue weighted by atomic mass is 9.75. The largest absolute Gasteiger partial charge is 0.356 e. The lowest BCUT2D eigenvalue weighted by molar-refractivity contribution is -0.133. The van der Waals surface area contributed by atoms with Gasteiger partial charge in [-0.2, -0.15) is 0 Å². The van der Waals surface area contributed by atoms with Gasteiger partial charge in [-0.15, -0.1) is 0 Å². The number of nitrogens with one attached hydrogen (secondary N) is 2. The van der Waals surface area contributed by atoms with E-state index in [1.807, 2.05) is 0 Å². The lowest BCUT2D eigenvalue weighted by Gasteiger charge is -2.33. The summed E-state index contributed by atoms with van der Waals surface area (Å²) < 4.78 is 0. The Morgan fingerprint density at radius 3 is 2.72 bits per heavy atom. The van der Waals surface area contributed by atoms with Crippen LogP contribution in [0.15, 0.2) is 0 Å². The quantitative estimate of drug-likeness (QED) is 0.786. The summed E-state index contributed by atoms with van der Waals surface area (Å²) >= 11 is 0. The van der Waals surface area contributed by atoms with Crippen LogP contribution in [0.5, 0.6) is 0 Å². The molecule has 0 aromatic carbocycles. The predicted octanol–water partition coefficient (Wildman–Crippen LogP) is 1.74. The Balaban J connectivity index is 1.91. The van der Waals surface area contributed by atoms with Crippen molar-refractivity contribution >= 4 is 11.8 Å². The number of hydrogen-bond acceptors (Lipinski definition) is 2. The van der Waals surface area contributed by atoms with Gasteiger partial charge in [-0.25, -0.2) is 0 Å². The summed E-state index contributed by atoms with van der Waals surface area (Å²) in [5.74, 6) is 0.216.